The van der Waals surface area contributed by atoms with Crippen molar-refractivity contribution in [3.63, 3.8) is 0 Å². The van der Waals surface area contributed by atoms with Gasteiger partial charge in [-0.2, -0.15) is 4.52 Å². The van der Waals surface area contributed by atoms with Crippen LogP contribution in [0.1, 0.15) is 55.2 Å². The molecule has 0 bridgehead atoms. The first-order valence-corrected chi connectivity index (χ1v) is 10.2. The Labute approximate surface area is 162 Å². The lowest BCUT2D eigenvalue weighted by molar-refractivity contribution is 0.102. The Hall–Kier alpha value is -2.48. The molecule has 27 heavy (non-hydrogen) atoms. The first kappa shape index (κ1) is 17.9. The lowest BCUT2D eigenvalue weighted by atomic mass is 9.99. The van der Waals surface area contributed by atoms with Crippen LogP contribution in [0.25, 0.3) is 4.96 Å². The third-order valence-electron chi connectivity index (χ3n) is 5.00. The molecule has 3 aromatic rings. The molecule has 0 aliphatic carbocycles. The maximum Gasteiger partial charge on any atom is 0.286 e. The molecule has 1 saturated heterocycles. The zero-order valence-electron chi connectivity index (χ0n) is 15.8. The van der Waals surface area contributed by atoms with Gasteiger partial charge in [0.25, 0.3) is 5.91 Å². The van der Waals surface area contributed by atoms with Crippen LogP contribution in [0.4, 0.5) is 11.4 Å². The van der Waals surface area contributed by atoms with Gasteiger partial charge < -0.3 is 10.2 Å². The van der Waals surface area contributed by atoms with Crippen molar-refractivity contribution in [2.75, 3.05) is 23.3 Å². The highest BCUT2D eigenvalue weighted by molar-refractivity contribution is 7.18. The minimum atomic E-state index is -0.222. The first-order valence-electron chi connectivity index (χ1n) is 9.40. The van der Waals surface area contributed by atoms with E-state index in [9.17, 15) is 4.79 Å². The zero-order valence-corrected chi connectivity index (χ0v) is 16.7. The average molecular weight is 385 g/mol. The van der Waals surface area contributed by atoms with Crippen LogP contribution in [0.3, 0.4) is 0 Å². The predicted octanol–water partition coefficient (Wildman–Crippen LogP) is 3.80. The van der Waals surface area contributed by atoms with Gasteiger partial charge in [-0.3, -0.25) is 4.79 Å². The quantitative estimate of drug-likeness (QED) is 0.740. The molecule has 4 rings (SSSR count). The molecule has 1 aromatic carbocycles. The van der Waals surface area contributed by atoms with E-state index in [2.05, 4.69) is 44.6 Å². The minimum Gasteiger partial charge on any atom is -0.372 e. The Bertz CT molecular complexity index is 937. The summed E-state index contributed by atoms with van der Waals surface area (Å²) < 4.78 is 1.66. The number of nitrogens with zero attached hydrogens (tertiary/aromatic N) is 5. The molecule has 2 aromatic heterocycles. The standard InChI is InChI=1S/C19H24N6OS/c1-12(2)16-21-22-19-25(16)23-18(27-19)17(26)20-14-4-6-15(7-5-14)24-10-8-13(3)9-11-24/h4-7,12-13H,8-11H2,1-3H3,(H,20,26). The van der Waals surface area contributed by atoms with Gasteiger partial charge in [-0.25, -0.2) is 0 Å². The molecule has 0 spiro atoms. The van der Waals surface area contributed by atoms with Gasteiger partial charge in [0.05, 0.1) is 0 Å². The number of fused-ring (bicyclic) bond motifs is 1. The van der Waals surface area contributed by atoms with Gasteiger partial charge >= 0.3 is 0 Å². The summed E-state index contributed by atoms with van der Waals surface area (Å²) in [4.78, 5) is 15.6. The Balaban J connectivity index is 1.45. The number of hydrogen-bond donors (Lipinski definition) is 1. The maximum absolute atomic E-state index is 12.6. The number of anilines is 2. The molecule has 1 aliphatic rings. The maximum atomic E-state index is 12.6. The largest absolute Gasteiger partial charge is 0.372 e. The summed E-state index contributed by atoms with van der Waals surface area (Å²) in [6.07, 6.45) is 2.47. The molecule has 0 radical (unpaired) electrons. The van der Waals surface area contributed by atoms with Gasteiger partial charge in [0, 0.05) is 30.4 Å². The van der Waals surface area contributed by atoms with E-state index < -0.39 is 0 Å². The number of aromatic nitrogens is 4. The molecule has 8 heteroatoms. The Morgan fingerprint density at radius 3 is 2.56 bits per heavy atom. The van der Waals surface area contributed by atoms with Gasteiger partial charge in [-0.05, 0) is 43.0 Å². The molecule has 0 atom stereocenters. The SMILES string of the molecule is CC1CCN(c2ccc(NC(=O)c3nn4c(C(C)C)nnc4s3)cc2)CC1. The summed E-state index contributed by atoms with van der Waals surface area (Å²) in [6.45, 7) is 8.56. The van der Waals surface area contributed by atoms with E-state index in [1.807, 2.05) is 26.0 Å². The number of nitrogens with one attached hydrogen (secondary N) is 1. The van der Waals surface area contributed by atoms with E-state index in [0.717, 1.165) is 30.5 Å². The van der Waals surface area contributed by atoms with E-state index in [1.54, 1.807) is 4.52 Å². The molecule has 1 N–H and O–H groups in total. The van der Waals surface area contributed by atoms with Crippen molar-refractivity contribution >= 4 is 33.6 Å². The van der Waals surface area contributed by atoms with Crippen molar-refractivity contribution in [2.24, 2.45) is 5.92 Å². The minimum absolute atomic E-state index is 0.198. The predicted molar refractivity (Wildman–Crippen MR) is 108 cm³/mol. The van der Waals surface area contributed by atoms with Crippen LogP contribution in [0.5, 0.6) is 0 Å². The summed E-state index contributed by atoms with van der Waals surface area (Å²) >= 11 is 1.25. The highest BCUT2D eigenvalue weighted by Gasteiger charge is 2.19. The van der Waals surface area contributed by atoms with Crippen LogP contribution in [0.15, 0.2) is 24.3 Å². The van der Waals surface area contributed by atoms with Gasteiger partial charge in [0.2, 0.25) is 9.97 Å². The molecule has 1 fully saturated rings. The van der Waals surface area contributed by atoms with E-state index >= 15 is 0 Å². The molecular weight excluding hydrogens is 360 g/mol. The topological polar surface area (TPSA) is 75.4 Å². The number of carbonyl (C=O) groups excluding carboxylic acids is 1. The second kappa shape index (κ2) is 7.26. The number of piperidine rings is 1. The first-order chi connectivity index (χ1) is 13.0. The van der Waals surface area contributed by atoms with Crippen molar-refractivity contribution in [2.45, 2.75) is 39.5 Å². The van der Waals surface area contributed by atoms with Crippen LogP contribution < -0.4 is 10.2 Å². The third kappa shape index (κ3) is 3.66. The van der Waals surface area contributed by atoms with Gasteiger partial charge in [0.15, 0.2) is 5.82 Å². The zero-order chi connectivity index (χ0) is 19.0. The van der Waals surface area contributed by atoms with Crippen molar-refractivity contribution in [1.29, 1.82) is 0 Å². The van der Waals surface area contributed by atoms with Crippen molar-refractivity contribution < 1.29 is 4.79 Å². The number of carbonyl (C=O) groups is 1. The van der Waals surface area contributed by atoms with E-state index in [-0.39, 0.29) is 11.8 Å². The van der Waals surface area contributed by atoms with E-state index in [1.165, 1.54) is 29.9 Å². The average Bonchev–Trinajstić information content (AvgIpc) is 3.23. The Morgan fingerprint density at radius 1 is 1.19 bits per heavy atom. The lowest BCUT2D eigenvalue weighted by Gasteiger charge is -2.32. The second-order valence-corrected chi connectivity index (χ2v) is 8.44. The number of rotatable bonds is 4. The molecule has 1 amide bonds. The van der Waals surface area contributed by atoms with E-state index in [4.69, 9.17) is 0 Å². The molecule has 142 valence electrons. The van der Waals surface area contributed by atoms with Crippen LogP contribution in [0.2, 0.25) is 0 Å². The summed E-state index contributed by atoms with van der Waals surface area (Å²) in [5.41, 5.74) is 1.98. The summed E-state index contributed by atoms with van der Waals surface area (Å²) in [5, 5.41) is 15.9. The van der Waals surface area contributed by atoms with Gasteiger partial charge in [-0.15, -0.1) is 15.3 Å². The molecule has 0 unspecified atom stereocenters. The number of amides is 1. The second-order valence-electron chi connectivity index (χ2n) is 7.49. The van der Waals surface area contributed by atoms with Crippen molar-refractivity contribution in [3.8, 4) is 0 Å². The molecule has 3 heterocycles. The Morgan fingerprint density at radius 2 is 1.89 bits per heavy atom. The van der Waals surface area contributed by atoms with Gasteiger partial charge in [0.1, 0.15) is 0 Å². The summed E-state index contributed by atoms with van der Waals surface area (Å²) in [7, 11) is 0. The molecule has 0 saturated carbocycles. The highest BCUT2D eigenvalue weighted by atomic mass is 32.1. The molecular formula is C19H24N6OS. The van der Waals surface area contributed by atoms with Crippen molar-refractivity contribution in [3.05, 3.63) is 35.1 Å². The monoisotopic (exact) mass is 384 g/mol. The van der Waals surface area contributed by atoms with Crippen molar-refractivity contribution in [1.82, 2.24) is 19.8 Å². The fraction of sp³-hybridized carbons (Fsp3) is 0.474. The van der Waals surface area contributed by atoms with E-state index in [0.29, 0.717) is 9.97 Å². The number of hydrogen-bond acceptors (Lipinski definition) is 6. The molecule has 7 nitrogen and oxygen atoms in total. The van der Waals surface area contributed by atoms with Crippen LogP contribution >= 0.6 is 11.3 Å². The normalized spacial score (nSPS) is 15.6. The fourth-order valence-corrected chi connectivity index (χ4v) is 4.03. The van der Waals surface area contributed by atoms with Gasteiger partial charge in [-0.1, -0.05) is 32.1 Å². The van der Waals surface area contributed by atoms with Crippen LogP contribution in [0, 0.1) is 5.92 Å². The Kier molecular flexibility index (Phi) is 4.82. The highest BCUT2D eigenvalue weighted by Crippen LogP contribution is 2.25. The smallest absolute Gasteiger partial charge is 0.286 e. The molecule has 1 aliphatic heterocycles. The fourth-order valence-electron chi connectivity index (χ4n) is 3.29. The lowest BCUT2D eigenvalue weighted by Crippen LogP contribution is -2.32. The number of benzene rings is 1. The summed E-state index contributed by atoms with van der Waals surface area (Å²) in [6, 6.07) is 8.04. The van der Waals surface area contributed by atoms with Crippen LogP contribution in [-0.2, 0) is 0 Å². The third-order valence-corrected chi connectivity index (χ3v) is 5.90. The van der Waals surface area contributed by atoms with Crippen LogP contribution in [-0.4, -0.2) is 38.8 Å². The summed E-state index contributed by atoms with van der Waals surface area (Å²) in [5.74, 6) is 1.55.